The molecule has 2 saturated carbocycles. The van der Waals surface area contributed by atoms with Crippen molar-refractivity contribution < 1.29 is 19.2 Å². The number of carbonyl (C=O) groups excluding carboxylic acids is 1. The minimum absolute atomic E-state index is 0.148. The summed E-state index contributed by atoms with van der Waals surface area (Å²) in [6.45, 7) is 0.751. The highest BCUT2D eigenvalue weighted by Crippen LogP contribution is 2.46. The number of allylic oxidation sites excluding steroid dienone is 1. The second-order valence-corrected chi connectivity index (χ2v) is 13.4. The largest absolute Gasteiger partial charge is 0.478 e. The minimum atomic E-state index is -1.02. The van der Waals surface area contributed by atoms with Crippen LogP contribution in [0.1, 0.15) is 96.6 Å². The van der Waals surface area contributed by atoms with Crippen molar-refractivity contribution in [2.75, 3.05) is 0 Å². The van der Waals surface area contributed by atoms with E-state index in [0.29, 0.717) is 34.3 Å². The molecule has 0 unspecified atom stereocenters. The van der Waals surface area contributed by atoms with Gasteiger partial charge in [-0.1, -0.05) is 91.9 Å². The van der Waals surface area contributed by atoms with Crippen molar-refractivity contribution in [1.29, 1.82) is 0 Å². The summed E-state index contributed by atoms with van der Waals surface area (Å²) in [7, 11) is 0. The number of hydrogen-bond donors (Lipinski definition) is 2. The van der Waals surface area contributed by atoms with Crippen LogP contribution in [-0.4, -0.2) is 31.7 Å². The van der Waals surface area contributed by atoms with Crippen molar-refractivity contribution >= 4 is 34.9 Å². The number of nitrogens with one attached hydrogen (secondary N) is 1. The Morgan fingerprint density at radius 1 is 0.958 bits per heavy atom. The molecule has 2 aromatic heterocycles. The quantitative estimate of drug-likeness (QED) is 0.173. The molecule has 0 bridgehead atoms. The third-order valence-electron chi connectivity index (χ3n) is 10.4. The summed E-state index contributed by atoms with van der Waals surface area (Å²) in [5.41, 5.74) is 7.60. The molecule has 0 saturated heterocycles. The maximum absolute atomic E-state index is 14.1. The molecule has 2 fully saturated rings. The maximum atomic E-state index is 14.1. The molecule has 0 atom stereocenters. The second kappa shape index (κ2) is 12.4. The van der Waals surface area contributed by atoms with Gasteiger partial charge in [0.2, 0.25) is 0 Å². The van der Waals surface area contributed by atoms with Crippen LogP contribution in [-0.2, 0) is 16.9 Å². The number of fused-ring (bicyclic) bond motifs is 5. The van der Waals surface area contributed by atoms with Crippen molar-refractivity contribution in [2.24, 2.45) is 0 Å². The van der Waals surface area contributed by atoms with Gasteiger partial charge in [0.05, 0.1) is 5.69 Å². The Bertz CT molecular complexity index is 2090. The zero-order chi connectivity index (χ0) is 32.7. The highest BCUT2D eigenvalue weighted by Gasteiger charge is 2.42. The van der Waals surface area contributed by atoms with Crippen LogP contribution >= 0.6 is 0 Å². The molecule has 3 aliphatic rings. The number of carbonyl (C=O) groups is 2. The maximum Gasteiger partial charge on any atom is 0.328 e. The van der Waals surface area contributed by atoms with E-state index < -0.39 is 11.5 Å². The SMILES string of the molecule is O=C(O)/C=C/c1cccc(-c2nc(C3(NC(=O)c4ccc5c(C6CCCCC6)c6n(c5c4)CC=Cc4ccccc4-6)CCCC3)no2)c1. The second-order valence-electron chi connectivity index (χ2n) is 13.4. The zero-order valence-electron chi connectivity index (χ0n) is 26.8. The molecule has 2 N–H and O–H groups in total. The average Bonchev–Trinajstić information content (AvgIpc) is 3.84. The van der Waals surface area contributed by atoms with Gasteiger partial charge in [-0.3, -0.25) is 4.79 Å². The Balaban J connectivity index is 1.14. The lowest BCUT2D eigenvalue weighted by Crippen LogP contribution is -2.44. The molecule has 1 aliphatic heterocycles. The molecule has 242 valence electrons. The van der Waals surface area contributed by atoms with Crippen molar-refractivity contribution in [1.82, 2.24) is 20.0 Å². The first kappa shape index (κ1) is 30.1. The van der Waals surface area contributed by atoms with Gasteiger partial charge >= 0.3 is 5.97 Å². The predicted octanol–water partition coefficient (Wildman–Crippen LogP) is 8.73. The van der Waals surface area contributed by atoms with Crippen LogP contribution in [0.2, 0.25) is 0 Å². The highest BCUT2D eigenvalue weighted by molar-refractivity contribution is 6.01. The van der Waals surface area contributed by atoms with Gasteiger partial charge < -0.3 is 19.5 Å². The molecule has 0 spiro atoms. The number of carboxylic acids is 1. The summed E-state index contributed by atoms with van der Waals surface area (Å²) in [6.07, 6.45) is 16.6. The van der Waals surface area contributed by atoms with Gasteiger partial charge in [-0.05, 0) is 78.6 Å². The monoisotopic (exact) mass is 638 g/mol. The minimum Gasteiger partial charge on any atom is -0.478 e. The summed E-state index contributed by atoms with van der Waals surface area (Å²) in [5, 5.41) is 18.0. The normalized spacial score (nSPS) is 17.3. The van der Waals surface area contributed by atoms with Crippen molar-refractivity contribution in [2.45, 2.75) is 75.8 Å². The van der Waals surface area contributed by atoms with Gasteiger partial charge in [0.25, 0.3) is 11.8 Å². The van der Waals surface area contributed by atoms with Crippen LogP contribution in [0.3, 0.4) is 0 Å². The smallest absolute Gasteiger partial charge is 0.328 e. The van der Waals surface area contributed by atoms with E-state index in [1.165, 1.54) is 66.0 Å². The fraction of sp³-hybridized carbons (Fsp3) is 0.300. The number of amides is 1. The number of hydrogen-bond acceptors (Lipinski definition) is 5. The van der Waals surface area contributed by atoms with Gasteiger partial charge in [-0.15, -0.1) is 0 Å². The van der Waals surface area contributed by atoms with Crippen LogP contribution in [0, 0.1) is 0 Å². The van der Waals surface area contributed by atoms with Crippen LogP contribution in [0.5, 0.6) is 0 Å². The van der Waals surface area contributed by atoms with Gasteiger partial charge in [-0.2, -0.15) is 4.98 Å². The first-order valence-corrected chi connectivity index (χ1v) is 17.1. The van der Waals surface area contributed by atoms with Gasteiger partial charge in [0, 0.05) is 40.2 Å². The summed E-state index contributed by atoms with van der Waals surface area (Å²) in [6, 6.07) is 22.2. The predicted molar refractivity (Wildman–Crippen MR) is 186 cm³/mol. The number of carboxylic acid groups (broad SMARTS) is 1. The number of benzene rings is 3. The number of rotatable bonds is 7. The lowest BCUT2D eigenvalue weighted by molar-refractivity contribution is -0.131. The molecule has 3 heterocycles. The first-order valence-electron chi connectivity index (χ1n) is 17.1. The van der Waals surface area contributed by atoms with E-state index in [4.69, 9.17) is 14.6 Å². The Labute approximate surface area is 279 Å². The Kier molecular flexibility index (Phi) is 7.79. The fourth-order valence-corrected chi connectivity index (χ4v) is 8.10. The molecule has 48 heavy (non-hydrogen) atoms. The summed E-state index contributed by atoms with van der Waals surface area (Å²) in [4.78, 5) is 29.9. The van der Waals surface area contributed by atoms with Crippen LogP contribution in [0.25, 0.3) is 45.8 Å². The lowest BCUT2D eigenvalue weighted by atomic mass is 9.81. The van der Waals surface area contributed by atoms with Crippen molar-refractivity contribution in [3.05, 3.63) is 107 Å². The Morgan fingerprint density at radius 2 is 1.79 bits per heavy atom. The summed E-state index contributed by atoms with van der Waals surface area (Å²) in [5.74, 6) is 0.139. The molecule has 5 aromatic rings. The van der Waals surface area contributed by atoms with Gasteiger partial charge in [0.1, 0.15) is 5.54 Å². The van der Waals surface area contributed by atoms with Gasteiger partial charge in [-0.25, -0.2) is 4.79 Å². The highest BCUT2D eigenvalue weighted by atomic mass is 16.5. The topological polar surface area (TPSA) is 110 Å². The van der Waals surface area contributed by atoms with E-state index >= 15 is 0 Å². The molecule has 2 aliphatic carbocycles. The van der Waals surface area contributed by atoms with E-state index in [9.17, 15) is 9.59 Å². The Hall–Kier alpha value is -5.24. The molecule has 8 heteroatoms. The third-order valence-corrected chi connectivity index (χ3v) is 10.4. The van der Waals surface area contributed by atoms with E-state index in [-0.39, 0.29) is 5.91 Å². The van der Waals surface area contributed by atoms with E-state index in [2.05, 4.69) is 63.6 Å². The lowest BCUT2D eigenvalue weighted by Gasteiger charge is -2.26. The van der Waals surface area contributed by atoms with Crippen molar-refractivity contribution in [3.63, 3.8) is 0 Å². The van der Waals surface area contributed by atoms with Gasteiger partial charge in [0.15, 0.2) is 5.82 Å². The molecule has 0 radical (unpaired) electrons. The summed E-state index contributed by atoms with van der Waals surface area (Å²) >= 11 is 0. The van der Waals surface area contributed by atoms with E-state index in [1.807, 2.05) is 30.3 Å². The molecule has 3 aromatic carbocycles. The third kappa shape index (κ3) is 5.45. The number of nitrogens with zero attached hydrogens (tertiary/aromatic N) is 3. The van der Waals surface area contributed by atoms with Crippen molar-refractivity contribution in [3.8, 4) is 22.7 Å². The van der Waals surface area contributed by atoms with E-state index in [0.717, 1.165) is 43.8 Å². The molecule has 8 nitrogen and oxygen atoms in total. The molecule has 8 rings (SSSR count). The molecule has 1 amide bonds. The van der Waals surface area contributed by atoms with Crippen LogP contribution < -0.4 is 5.32 Å². The number of aliphatic carboxylic acids is 1. The molecular weight excluding hydrogens is 600 g/mol. The zero-order valence-corrected chi connectivity index (χ0v) is 26.8. The standard InChI is InChI=1S/C40H38N4O4/c45-34(46)20-17-26-10-8-14-30(24-26)38-41-39(43-48-38)40(21-6-7-22-40)42-37(47)29-18-19-32-33(25-29)44-23-9-15-27-11-4-5-16-31(27)36(44)35(32)28-12-2-1-3-13-28/h4-5,8-11,14-20,24-25,28H,1-3,6-7,12-13,21-23H2,(H,42,47)(H,45,46)/b20-17+. The fourth-order valence-electron chi connectivity index (χ4n) is 8.10. The van der Waals surface area contributed by atoms with Crippen LogP contribution in [0.4, 0.5) is 0 Å². The molecular formula is C40H38N4O4. The Morgan fingerprint density at radius 3 is 2.62 bits per heavy atom. The first-order chi connectivity index (χ1) is 23.5. The van der Waals surface area contributed by atoms with Crippen LogP contribution in [0.15, 0.2) is 83.4 Å². The summed E-state index contributed by atoms with van der Waals surface area (Å²) < 4.78 is 8.13. The average molecular weight is 639 g/mol. The van der Waals surface area contributed by atoms with E-state index in [1.54, 1.807) is 0 Å². The number of aromatic nitrogens is 3.